The molecule has 0 aromatic heterocycles. The average molecular weight is 1370 g/mol. The zero-order valence-corrected chi connectivity index (χ0v) is 39.9. The molecule has 0 spiro atoms. The third-order valence-electron chi connectivity index (χ3n) is 7.16. The summed E-state index contributed by atoms with van der Waals surface area (Å²) in [5.41, 5.74) is 15.7. The molecule has 0 aliphatic carbocycles. The second-order valence-corrected chi connectivity index (χ2v) is 18.3. The zero-order chi connectivity index (χ0) is 37.9. The van der Waals surface area contributed by atoms with Crippen molar-refractivity contribution in [3.63, 3.8) is 0 Å². The fourth-order valence-electron chi connectivity index (χ4n) is 4.64. The van der Waals surface area contributed by atoms with Gasteiger partial charge in [-0.1, -0.05) is 0 Å². The number of benzene rings is 2. The van der Waals surface area contributed by atoms with E-state index in [1.807, 2.05) is 0 Å². The van der Waals surface area contributed by atoms with Crippen LogP contribution in [0.1, 0.15) is 51.7 Å². The monoisotopic (exact) mass is 1370 g/mol. The van der Waals surface area contributed by atoms with Crippen LogP contribution in [-0.2, 0) is 51.0 Å². The van der Waals surface area contributed by atoms with Gasteiger partial charge in [0.15, 0.2) is 23.8 Å². The zero-order valence-electron chi connectivity index (χ0n) is 27.0. The number of carbonyl (C=O) groups excluding carboxylic acids is 2. The molecule has 276 valence electrons. The van der Waals surface area contributed by atoms with E-state index in [1.54, 1.807) is 27.7 Å². The van der Waals surface area contributed by atoms with E-state index in [4.69, 9.17) is 35.5 Å². The van der Waals surface area contributed by atoms with Crippen molar-refractivity contribution in [1.82, 2.24) is 0 Å². The van der Waals surface area contributed by atoms with Crippen molar-refractivity contribution in [2.75, 3.05) is 35.3 Å². The Labute approximate surface area is 370 Å². The summed E-state index contributed by atoms with van der Waals surface area (Å²) in [7, 11) is 0. The minimum atomic E-state index is -0.946. The van der Waals surface area contributed by atoms with E-state index in [-0.39, 0.29) is 32.5 Å². The molecule has 2 saturated heterocycles. The Bertz CT molecular complexity index is 1590. The molecular weight excluding hydrogens is 1340 g/mol. The summed E-state index contributed by atoms with van der Waals surface area (Å²) in [6.07, 6.45) is -0.932. The average Bonchev–Trinajstić information content (AvgIpc) is 3.59. The Balaban J connectivity index is 0.000000354. The van der Waals surface area contributed by atoms with Crippen LogP contribution in [-0.4, -0.2) is 71.0 Å². The lowest BCUT2D eigenvalue weighted by Crippen LogP contribution is -2.34. The first-order valence-corrected chi connectivity index (χ1v) is 21.1. The van der Waals surface area contributed by atoms with Gasteiger partial charge in [-0.2, -0.15) is 0 Å². The number of hydrogen-bond donors (Lipinski definition) is 6. The van der Waals surface area contributed by atoms with Gasteiger partial charge in [0.05, 0.1) is 43.1 Å². The molecular formula is C30H34I6N4O10. The largest absolute Gasteiger partial charge is 0.481 e. The SMILES string of the molecule is CC1(C)OCC(C(=O)Nc2c(I)c(CCC(=O)O)c(I)c(NC(=O)C3COC(C)(C)O3)c2I)O1.Nc1c(I)c(N)c(I)c(CCC(=O)O)c1I. The molecule has 0 saturated carbocycles. The van der Waals surface area contributed by atoms with Crippen LogP contribution >= 0.6 is 136 Å². The van der Waals surface area contributed by atoms with Crippen LogP contribution in [0, 0.1) is 21.4 Å². The van der Waals surface area contributed by atoms with E-state index in [1.165, 1.54) is 0 Å². The molecule has 20 heteroatoms. The van der Waals surface area contributed by atoms with Crippen LogP contribution in [0.15, 0.2) is 0 Å². The lowest BCUT2D eigenvalue weighted by Gasteiger charge is -2.22. The summed E-state index contributed by atoms with van der Waals surface area (Å²) >= 11 is 12.6. The fraction of sp³-hybridized carbons (Fsp3) is 0.467. The number of halogens is 6. The second kappa shape index (κ2) is 18.7. The van der Waals surface area contributed by atoms with Crippen LogP contribution in [0.4, 0.5) is 22.7 Å². The molecule has 2 atom stereocenters. The van der Waals surface area contributed by atoms with Gasteiger partial charge in [0.1, 0.15) is 0 Å². The Morgan fingerprint density at radius 2 is 0.980 bits per heavy atom. The highest BCUT2D eigenvalue weighted by atomic mass is 127. The number of aliphatic carboxylic acids is 2. The van der Waals surface area contributed by atoms with E-state index in [9.17, 15) is 24.3 Å². The van der Waals surface area contributed by atoms with Crippen molar-refractivity contribution in [1.29, 1.82) is 0 Å². The predicted molar refractivity (Wildman–Crippen MR) is 237 cm³/mol. The van der Waals surface area contributed by atoms with E-state index < -0.39 is 47.5 Å². The van der Waals surface area contributed by atoms with Crippen LogP contribution in [0.2, 0.25) is 0 Å². The predicted octanol–water partition coefficient (Wildman–Crippen LogP) is 6.38. The third-order valence-corrected chi connectivity index (χ3v) is 14.2. The van der Waals surface area contributed by atoms with E-state index in [2.05, 4.69) is 146 Å². The molecule has 2 fully saturated rings. The molecule has 4 rings (SSSR count). The molecule has 14 nitrogen and oxygen atoms in total. The van der Waals surface area contributed by atoms with Crippen LogP contribution in [0.3, 0.4) is 0 Å². The maximum Gasteiger partial charge on any atom is 0.303 e. The van der Waals surface area contributed by atoms with Crippen molar-refractivity contribution < 1.29 is 48.3 Å². The first kappa shape index (κ1) is 44.5. The Hall–Kier alpha value is 0.140. The number of hydrogen-bond acceptors (Lipinski definition) is 10. The van der Waals surface area contributed by atoms with Gasteiger partial charge in [0.2, 0.25) is 0 Å². The summed E-state index contributed by atoms with van der Waals surface area (Å²) < 4.78 is 26.9. The molecule has 50 heavy (non-hydrogen) atoms. The maximum absolute atomic E-state index is 12.9. The Morgan fingerprint density at radius 1 is 0.640 bits per heavy atom. The molecule has 2 aliphatic heterocycles. The number of carbonyl (C=O) groups is 4. The van der Waals surface area contributed by atoms with E-state index in [0.29, 0.717) is 45.4 Å². The summed E-state index contributed by atoms with van der Waals surface area (Å²) in [5, 5.41) is 23.7. The van der Waals surface area contributed by atoms with Crippen molar-refractivity contribution in [3.05, 3.63) is 32.5 Å². The van der Waals surface area contributed by atoms with Gasteiger partial charge in [0.25, 0.3) is 11.8 Å². The molecule has 0 radical (unpaired) electrons. The van der Waals surface area contributed by atoms with Crippen molar-refractivity contribution >= 4 is 182 Å². The normalized spacial score (nSPS) is 19.0. The second-order valence-electron chi connectivity index (χ2n) is 11.8. The summed E-state index contributed by atoms with van der Waals surface area (Å²) in [4.78, 5) is 47.7. The topological polar surface area (TPSA) is 222 Å². The van der Waals surface area contributed by atoms with Gasteiger partial charge in [-0.25, -0.2) is 0 Å². The standard InChI is InChI=1S/C21H25I3N2O8.C9H9I3N2O2/c1-20(2)31-7-10(33-20)18(29)25-16-13(22)9(5-6-12(27)28)14(23)17(15(16)24)26-19(30)11-8-32-21(3,4)34-11;10-5-3(1-2-4(15)16)6(11)9(14)7(12)8(5)13/h10-11H,5-8H2,1-4H3,(H,25,29)(H,26,30)(H,27,28);1-2,13-14H2,(H,15,16). The van der Waals surface area contributed by atoms with Gasteiger partial charge in [-0.15, -0.1) is 0 Å². The first-order chi connectivity index (χ1) is 23.1. The number of anilines is 4. The minimum Gasteiger partial charge on any atom is -0.481 e. The molecule has 2 heterocycles. The molecule has 2 aliphatic rings. The Morgan fingerprint density at radius 3 is 1.28 bits per heavy atom. The highest BCUT2D eigenvalue weighted by Gasteiger charge is 2.39. The Kier molecular flexibility index (Phi) is 16.6. The molecule has 2 amide bonds. The highest BCUT2D eigenvalue weighted by Crippen LogP contribution is 2.40. The lowest BCUT2D eigenvalue weighted by molar-refractivity contribution is -0.150. The van der Waals surface area contributed by atoms with Crippen LogP contribution in [0.5, 0.6) is 0 Å². The summed E-state index contributed by atoms with van der Waals surface area (Å²) in [6, 6.07) is 0. The van der Waals surface area contributed by atoms with Crippen molar-refractivity contribution in [3.8, 4) is 0 Å². The van der Waals surface area contributed by atoms with Gasteiger partial charge < -0.3 is 51.3 Å². The van der Waals surface area contributed by atoms with Crippen LogP contribution in [0.25, 0.3) is 0 Å². The first-order valence-electron chi connectivity index (χ1n) is 14.6. The van der Waals surface area contributed by atoms with Gasteiger partial charge in [-0.05, 0) is 187 Å². The van der Waals surface area contributed by atoms with Crippen molar-refractivity contribution in [2.45, 2.75) is 77.2 Å². The summed E-state index contributed by atoms with van der Waals surface area (Å²) in [6.45, 7) is 7.14. The fourth-order valence-corrected chi connectivity index (χ4v) is 12.6. The minimum absolute atomic E-state index is 0.0888. The van der Waals surface area contributed by atoms with Crippen molar-refractivity contribution in [2.24, 2.45) is 0 Å². The number of ether oxygens (including phenoxy) is 4. The quantitative estimate of drug-likeness (QED) is 0.113. The number of carboxylic acid groups (broad SMARTS) is 2. The molecule has 0 bridgehead atoms. The number of nitrogens with two attached hydrogens (primary N) is 2. The number of rotatable bonds is 10. The molecule has 8 N–H and O–H groups in total. The van der Waals surface area contributed by atoms with Crippen LogP contribution < -0.4 is 22.1 Å². The highest BCUT2D eigenvalue weighted by molar-refractivity contribution is 14.1. The van der Waals surface area contributed by atoms with Gasteiger partial charge >= 0.3 is 11.9 Å². The van der Waals surface area contributed by atoms with E-state index in [0.717, 1.165) is 16.3 Å². The maximum atomic E-state index is 12.9. The lowest BCUT2D eigenvalue weighted by atomic mass is 10.1. The van der Waals surface area contributed by atoms with Gasteiger partial charge in [0, 0.05) is 27.1 Å². The smallest absolute Gasteiger partial charge is 0.303 e. The number of carboxylic acids is 2. The number of amides is 2. The molecule has 2 aromatic rings. The molecule has 2 unspecified atom stereocenters. The number of nitrogens with one attached hydrogen (secondary N) is 2. The van der Waals surface area contributed by atoms with Gasteiger partial charge in [-0.3, -0.25) is 19.2 Å². The summed E-state index contributed by atoms with van der Waals surface area (Å²) in [5.74, 6) is -4.27. The van der Waals surface area contributed by atoms with E-state index >= 15 is 0 Å². The molecule has 2 aromatic carbocycles. The number of nitrogen functional groups attached to an aromatic ring is 2. The third kappa shape index (κ3) is 11.6.